The maximum Gasteiger partial charge on any atom is 0.338 e. The molecule has 0 unspecified atom stereocenters. The lowest BCUT2D eigenvalue weighted by molar-refractivity contribution is 0.0535. The third-order valence-corrected chi connectivity index (χ3v) is 2.23. The lowest BCUT2D eigenvalue weighted by atomic mass is 10.0. The van der Waals surface area contributed by atoms with Crippen LogP contribution in [0.15, 0.2) is 18.2 Å². The van der Waals surface area contributed by atoms with Gasteiger partial charge in [-0.2, -0.15) is 0 Å². The fraction of sp³-hybridized carbons (Fsp3) is 0.300. The fourth-order valence-electron chi connectivity index (χ4n) is 1.44. The van der Waals surface area contributed by atoms with Crippen molar-refractivity contribution in [1.82, 2.24) is 0 Å². The highest BCUT2D eigenvalue weighted by atomic mass is 16.5. The van der Waals surface area contributed by atoms with Crippen molar-refractivity contribution in [1.29, 1.82) is 0 Å². The number of nitrogens with two attached hydrogens (primary N) is 1. The van der Waals surface area contributed by atoms with E-state index in [2.05, 4.69) is 0 Å². The third-order valence-electron chi connectivity index (χ3n) is 2.23. The van der Waals surface area contributed by atoms with Crippen molar-refractivity contribution in [3.63, 3.8) is 0 Å². The normalized spacial score (nSPS) is 16.6. The number of ether oxygens (including phenoxy) is 1. The first-order valence-electron chi connectivity index (χ1n) is 4.24. The summed E-state index contributed by atoms with van der Waals surface area (Å²) in [6.07, 6.45) is 0. The van der Waals surface area contributed by atoms with Gasteiger partial charge in [-0.25, -0.2) is 4.79 Å². The average Bonchev–Trinajstić information content (AvgIpc) is 2.47. The molecule has 3 nitrogen and oxygen atoms in total. The Labute approximate surface area is 76.5 Å². The molecule has 0 saturated carbocycles. The van der Waals surface area contributed by atoms with Gasteiger partial charge in [0.25, 0.3) is 0 Å². The summed E-state index contributed by atoms with van der Waals surface area (Å²) in [6.45, 7) is 2.30. The molecule has 2 N–H and O–H groups in total. The topological polar surface area (TPSA) is 52.3 Å². The van der Waals surface area contributed by atoms with Crippen LogP contribution >= 0.6 is 0 Å². The quantitative estimate of drug-likeness (QED) is 0.659. The fourth-order valence-corrected chi connectivity index (χ4v) is 1.44. The zero-order valence-electron chi connectivity index (χ0n) is 7.41. The van der Waals surface area contributed by atoms with Crippen LogP contribution in [0.4, 0.5) is 0 Å². The molecule has 0 spiro atoms. The number of carbonyl (C=O) groups is 1. The smallest absolute Gasteiger partial charge is 0.338 e. The minimum atomic E-state index is -0.230. The van der Waals surface area contributed by atoms with Crippen LogP contribution in [-0.4, -0.2) is 5.97 Å². The molecule has 1 aromatic rings. The van der Waals surface area contributed by atoms with Crippen molar-refractivity contribution in [2.75, 3.05) is 0 Å². The molecule has 0 amide bonds. The molecule has 2 rings (SSSR count). The monoisotopic (exact) mass is 177 g/mol. The molecule has 3 heteroatoms. The summed E-state index contributed by atoms with van der Waals surface area (Å²) in [5.41, 5.74) is 8.37. The Morgan fingerprint density at radius 3 is 3.00 bits per heavy atom. The molecule has 1 aromatic carbocycles. The molecule has 0 radical (unpaired) electrons. The van der Waals surface area contributed by atoms with Crippen LogP contribution in [0.1, 0.15) is 34.5 Å². The van der Waals surface area contributed by atoms with Crippen LogP contribution in [-0.2, 0) is 11.3 Å². The van der Waals surface area contributed by atoms with Gasteiger partial charge >= 0.3 is 5.97 Å². The van der Waals surface area contributed by atoms with Gasteiger partial charge in [0.1, 0.15) is 6.61 Å². The number of cyclic esters (lactones) is 1. The maximum atomic E-state index is 11.1. The Kier molecular flexibility index (Phi) is 1.81. The minimum absolute atomic E-state index is 0.000928. The Hall–Kier alpha value is -1.35. The Bertz CT molecular complexity index is 358. The Balaban J connectivity index is 2.45. The van der Waals surface area contributed by atoms with Gasteiger partial charge < -0.3 is 10.5 Å². The number of fused-ring (bicyclic) bond motifs is 1. The van der Waals surface area contributed by atoms with E-state index >= 15 is 0 Å². The predicted octanol–water partition coefficient (Wildman–Crippen LogP) is 1.38. The molecule has 0 bridgehead atoms. The van der Waals surface area contributed by atoms with E-state index in [4.69, 9.17) is 10.5 Å². The minimum Gasteiger partial charge on any atom is -0.457 e. The lowest BCUT2D eigenvalue weighted by Crippen LogP contribution is -2.05. The standard InChI is InChI=1S/C10H11NO2/c1-6(11)7-2-3-9-8(4-7)5-13-10(9)12/h2-4,6H,5,11H2,1H3/t6-/m1/s1. The van der Waals surface area contributed by atoms with Gasteiger partial charge in [0, 0.05) is 11.6 Å². The summed E-state index contributed by atoms with van der Waals surface area (Å²) in [5.74, 6) is -0.230. The summed E-state index contributed by atoms with van der Waals surface area (Å²) in [4.78, 5) is 11.1. The van der Waals surface area contributed by atoms with Crippen LogP contribution in [0.25, 0.3) is 0 Å². The first-order chi connectivity index (χ1) is 6.18. The van der Waals surface area contributed by atoms with Gasteiger partial charge in [0.15, 0.2) is 0 Å². The molecular formula is C10H11NO2. The molecule has 13 heavy (non-hydrogen) atoms. The van der Waals surface area contributed by atoms with Crippen molar-refractivity contribution in [3.8, 4) is 0 Å². The lowest BCUT2D eigenvalue weighted by Gasteiger charge is -2.05. The largest absolute Gasteiger partial charge is 0.457 e. The number of esters is 1. The number of rotatable bonds is 1. The van der Waals surface area contributed by atoms with E-state index in [-0.39, 0.29) is 12.0 Å². The van der Waals surface area contributed by atoms with E-state index in [0.717, 1.165) is 11.1 Å². The molecule has 0 aromatic heterocycles. The average molecular weight is 177 g/mol. The SMILES string of the molecule is C[C@@H](N)c1ccc2c(c1)COC2=O. The molecule has 1 aliphatic heterocycles. The summed E-state index contributed by atoms with van der Waals surface area (Å²) in [7, 11) is 0. The van der Waals surface area contributed by atoms with Gasteiger partial charge in [0.05, 0.1) is 5.56 Å². The Morgan fingerprint density at radius 1 is 1.54 bits per heavy atom. The molecule has 1 atom stereocenters. The first kappa shape index (κ1) is 8.26. The second kappa shape index (κ2) is 2.85. The second-order valence-electron chi connectivity index (χ2n) is 3.28. The predicted molar refractivity (Wildman–Crippen MR) is 48.2 cm³/mol. The van der Waals surface area contributed by atoms with Gasteiger partial charge in [-0.1, -0.05) is 6.07 Å². The Morgan fingerprint density at radius 2 is 2.31 bits per heavy atom. The van der Waals surface area contributed by atoms with Gasteiger partial charge in [-0.15, -0.1) is 0 Å². The highest BCUT2D eigenvalue weighted by Gasteiger charge is 2.21. The molecule has 1 aliphatic rings. The van der Waals surface area contributed by atoms with Gasteiger partial charge in [0.2, 0.25) is 0 Å². The van der Waals surface area contributed by atoms with Crippen molar-refractivity contribution in [3.05, 3.63) is 34.9 Å². The van der Waals surface area contributed by atoms with E-state index < -0.39 is 0 Å². The van der Waals surface area contributed by atoms with Crippen LogP contribution in [0.3, 0.4) is 0 Å². The summed E-state index contributed by atoms with van der Waals surface area (Å²) in [5, 5.41) is 0. The molecule has 0 fully saturated rings. The molecule has 1 heterocycles. The summed E-state index contributed by atoms with van der Waals surface area (Å²) >= 11 is 0. The van der Waals surface area contributed by atoms with E-state index in [9.17, 15) is 4.79 Å². The van der Waals surface area contributed by atoms with Crippen molar-refractivity contribution < 1.29 is 9.53 Å². The zero-order chi connectivity index (χ0) is 9.42. The van der Waals surface area contributed by atoms with E-state index in [1.54, 1.807) is 6.07 Å². The van der Waals surface area contributed by atoms with Crippen LogP contribution in [0, 0.1) is 0 Å². The van der Waals surface area contributed by atoms with E-state index in [1.807, 2.05) is 19.1 Å². The number of hydrogen-bond acceptors (Lipinski definition) is 3. The van der Waals surface area contributed by atoms with Crippen LogP contribution < -0.4 is 5.73 Å². The highest BCUT2D eigenvalue weighted by molar-refractivity contribution is 5.93. The molecule has 0 saturated heterocycles. The maximum absolute atomic E-state index is 11.1. The second-order valence-corrected chi connectivity index (χ2v) is 3.28. The van der Waals surface area contributed by atoms with Crippen molar-refractivity contribution >= 4 is 5.97 Å². The van der Waals surface area contributed by atoms with Crippen molar-refractivity contribution in [2.45, 2.75) is 19.6 Å². The van der Waals surface area contributed by atoms with Gasteiger partial charge in [-0.05, 0) is 24.6 Å². The number of carbonyl (C=O) groups excluding carboxylic acids is 1. The zero-order valence-corrected chi connectivity index (χ0v) is 7.41. The summed E-state index contributed by atoms with van der Waals surface area (Å²) in [6, 6.07) is 5.59. The number of benzene rings is 1. The first-order valence-corrected chi connectivity index (χ1v) is 4.24. The van der Waals surface area contributed by atoms with E-state index in [1.165, 1.54) is 0 Å². The molecule has 68 valence electrons. The molecule has 0 aliphatic carbocycles. The van der Waals surface area contributed by atoms with E-state index in [0.29, 0.717) is 12.2 Å². The van der Waals surface area contributed by atoms with Crippen molar-refractivity contribution in [2.24, 2.45) is 5.73 Å². The number of hydrogen-bond donors (Lipinski definition) is 1. The van der Waals surface area contributed by atoms with Crippen LogP contribution in [0.2, 0.25) is 0 Å². The highest BCUT2D eigenvalue weighted by Crippen LogP contribution is 2.22. The molecular weight excluding hydrogens is 166 g/mol. The van der Waals surface area contributed by atoms with Crippen LogP contribution in [0.5, 0.6) is 0 Å². The summed E-state index contributed by atoms with van der Waals surface area (Å²) < 4.78 is 4.88. The third kappa shape index (κ3) is 1.31. The van der Waals surface area contributed by atoms with Gasteiger partial charge in [-0.3, -0.25) is 0 Å².